The Balaban J connectivity index is 1.19. The summed E-state index contributed by atoms with van der Waals surface area (Å²) in [7, 11) is 1.86. The number of alkyl halides is 1. The van der Waals surface area contributed by atoms with E-state index in [0.717, 1.165) is 33.9 Å². The molecule has 0 aliphatic heterocycles. The second-order valence-electron chi connectivity index (χ2n) is 8.74. The highest BCUT2D eigenvalue weighted by atomic mass is 19.1. The summed E-state index contributed by atoms with van der Waals surface area (Å²) in [6, 6.07) is 9.64. The summed E-state index contributed by atoms with van der Waals surface area (Å²) < 4.78 is 21.9. The fourth-order valence-corrected chi connectivity index (χ4v) is 3.96. The number of hydrogen-bond donors (Lipinski definition) is 1. The predicted octanol–water partition coefficient (Wildman–Crippen LogP) is 3.11. The molecule has 4 heterocycles. The van der Waals surface area contributed by atoms with Gasteiger partial charge in [-0.1, -0.05) is 29.4 Å². The van der Waals surface area contributed by atoms with Crippen LogP contribution in [-0.2, 0) is 19.0 Å². The van der Waals surface area contributed by atoms with Crippen molar-refractivity contribution >= 4 is 11.6 Å². The van der Waals surface area contributed by atoms with Crippen LogP contribution in [0.5, 0.6) is 0 Å². The molecular weight excluding hydrogens is 451 g/mol. The Kier molecular flexibility index (Phi) is 4.90. The summed E-state index contributed by atoms with van der Waals surface area (Å²) >= 11 is 0. The number of rotatable bonds is 7. The summed E-state index contributed by atoms with van der Waals surface area (Å²) in [6.45, 7) is -0.278. The van der Waals surface area contributed by atoms with Gasteiger partial charge in [0.25, 0.3) is 0 Å². The minimum absolute atomic E-state index is 0.157. The van der Waals surface area contributed by atoms with Gasteiger partial charge in [-0.25, -0.2) is 14.4 Å². The van der Waals surface area contributed by atoms with Crippen LogP contribution in [0.25, 0.3) is 28.3 Å². The Hall–Kier alpha value is -4.41. The van der Waals surface area contributed by atoms with E-state index in [-0.39, 0.29) is 18.3 Å². The van der Waals surface area contributed by atoms with E-state index in [9.17, 15) is 9.18 Å². The first kappa shape index (κ1) is 21.1. The molecule has 10 nitrogen and oxygen atoms in total. The maximum absolute atomic E-state index is 13.2. The minimum Gasteiger partial charge on any atom is -0.344 e. The highest BCUT2D eigenvalue weighted by molar-refractivity contribution is 5.89. The molecule has 4 aromatic heterocycles. The zero-order valence-electron chi connectivity index (χ0n) is 18.8. The van der Waals surface area contributed by atoms with Crippen LogP contribution in [0.15, 0.2) is 59.6 Å². The lowest BCUT2D eigenvalue weighted by Gasteiger charge is -2.09. The Morgan fingerprint density at radius 1 is 1.20 bits per heavy atom. The third kappa shape index (κ3) is 3.84. The van der Waals surface area contributed by atoms with E-state index < -0.39 is 18.0 Å². The van der Waals surface area contributed by atoms with Crippen LogP contribution in [0.2, 0.25) is 0 Å². The standard InChI is InChI=1S/C24H21FN8O2/c1-32-13-17(12-28-32)18-10-19-26-8-9-33(19)20(29-18)16-4-2-15(3-5-16)11-27-21(34)22-30-23(31-35-22)24(14-25)6-7-24/h2-5,8-10,12-13H,6-7,11,14H2,1H3,(H,27,34). The van der Waals surface area contributed by atoms with E-state index in [1.54, 1.807) is 17.1 Å². The van der Waals surface area contributed by atoms with Crippen molar-refractivity contribution in [3.63, 3.8) is 0 Å². The number of imidazole rings is 1. The molecule has 1 amide bonds. The van der Waals surface area contributed by atoms with Crippen LogP contribution in [0, 0.1) is 0 Å². The molecular formula is C24H21FN8O2. The first-order valence-corrected chi connectivity index (χ1v) is 11.2. The maximum Gasteiger partial charge on any atom is 0.315 e. The summed E-state index contributed by atoms with van der Waals surface area (Å²) in [4.78, 5) is 25.8. The number of benzene rings is 1. The van der Waals surface area contributed by atoms with Crippen molar-refractivity contribution in [1.82, 2.24) is 39.6 Å². The first-order chi connectivity index (χ1) is 17.0. The molecule has 11 heteroatoms. The normalized spacial score (nSPS) is 14.3. The van der Waals surface area contributed by atoms with Gasteiger partial charge in [0.15, 0.2) is 5.82 Å². The van der Waals surface area contributed by atoms with Crippen molar-refractivity contribution in [2.45, 2.75) is 24.8 Å². The Morgan fingerprint density at radius 3 is 2.74 bits per heavy atom. The van der Waals surface area contributed by atoms with Crippen LogP contribution < -0.4 is 5.32 Å². The van der Waals surface area contributed by atoms with Crippen LogP contribution >= 0.6 is 0 Å². The third-order valence-electron chi connectivity index (χ3n) is 6.26. The van der Waals surface area contributed by atoms with Crippen molar-refractivity contribution in [3.05, 3.63) is 72.4 Å². The first-order valence-electron chi connectivity index (χ1n) is 11.2. The monoisotopic (exact) mass is 472 g/mol. The molecule has 176 valence electrons. The lowest BCUT2D eigenvalue weighted by molar-refractivity contribution is 0.0907. The zero-order valence-corrected chi connectivity index (χ0v) is 18.8. The van der Waals surface area contributed by atoms with Crippen LogP contribution in [0.3, 0.4) is 0 Å². The van der Waals surface area contributed by atoms with Gasteiger partial charge in [0.2, 0.25) is 0 Å². The van der Waals surface area contributed by atoms with Gasteiger partial charge < -0.3 is 9.84 Å². The zero-order chi connectivity index (χ0) is 24.0. The van der Waals surface area contributed by atoms with E-state index >= 15 is 0 Å². The molecule has 1 fully saturated rings. The number of aromatic nitrogens is 7. The van der Waals surface area contributed by atoms with E-state index in [1.165, 1.54) is 0 Å². The molecule has 1 aliphatic carbocycles. The van der Waals surface area contributed by atoms with Crippen molar-refractivity contribution in [3.8, 4) is 22.6 Å². The van der Waals surface area contributed by atoms with Gasteiger partial charge in [0, 0.05) is 49.4 Å². The lowest BCUT2D eigenvalue weighted by atomic mass is 10.1. The molecule has 1 saturated carbocycles. The molecule has 6 rings (SSSR count). The lowest BCUT2D eigenvalue weighted by Crippen LogP contribution is -2.23. The fourth-order valence-electron chi connectivity index (χ4n) is 3.96. The van der Waals surface area contributed by atoms with E-state index in [2.05, 4.69) is 25.5 Å². The SMILES string of the molecule is Cn1cc(-c2cc3nccn3c(-c3ccc(CNC(=O)c4nc(C5(CF)CC5)no4)cc3)n2)cn1. The molecule has 0 radical (unpaired) electrons. The number of amides is 1. The fraction of sp³-hybridized carbons (Fsp3) is 0.250. The number of nitrogens with zero attached hydrogens (tertiary/aromatic N) is 7. The van der Waals surface area contributed by atoms with Crippen molar-refractivity contribution in [1.29, 1.82) is 0 Å². The van der Waals surface area contributed by atoms with Crippen molar-refractivity contribution in [2.75, 3.05) is 6.67 Å². The molecule has 0 atom stereocenters. The van der Waals surface area contributed by atoms with E-state index in [0.29, 0.717) is 12.8 Å². The second-order valence-corrected chi connectivity index (χ2v) is 8.74. The number of halogens is 1. The summed E-state index contributed by atoms with van der Waals surface area (Å²) in [5.41, 5.74) is 3.58. The highest BCUT2D eigenvalue weighted by Crippen LogP contribution is 2.47. The maximum atomic E-state index is 13.2. The van der Waals surface area contributed by atoms with Crippen LogP contribution in [-0.4, -0.2) is 46.9 Å². The molecule has 1 aromatic carbocycles. The van der Waals surface area contributed by atoms with Gasteiger partial charge in [-0.05, 0) is 18.4 Å². The Bertz CT molecular complexity index is 1530. The Labute approximate surface area is 198 Å². The average Bonchev–Trinajstić information content (AvgIpc) is 3.25. The molecule has 0 unspecified atom stereocenters. The minimum atomic E-state index is -0.666. The summed E-state index contributed by atoms with van der Waals surface area (Å²) in [5, 5.41) is 10.8. The number of carbonyl (C=O) groups is 1. The van der Waals surface area contributed by atoms with Gasteiger partial charge >= 0.3 is 11.8 Å². The molecule has 1 N–H and O–H groups in total. The van der Waals surface area contributed by atoms with Gasteiger partial charge in [0.05, 0.1) is 17.3 Å². The molecule has 0 saturated heterocycles. The summed E-state index contributed by atoms with van der Waals surface area (Å²) in [6.07, 6.45) is 8.62. The number of fused-ring (bicyclic) bond motifs is 1. The second kappa shape index (κ2) is 8.12. The van der Waals surface area contributed by atoms with E-state index in [1.807, 2.05) is 54.2 Å². The van der Waals surface area contributed by atoms with Crippen molar-refractivity contribution < 1.29 is 13.7 Å². The van der Waals surface area contributed by atoms with Crippen molar-refractivity contribution in [2.24, 2.45) is 7.05 Å². The quantitative estimate of drug-likeness (QED) is 0.387. The van der Waals surface area contributed by atoms with E-state index in [4.69, 9.17) is 9.51 Å². The predicted molar refractivity (Wildman–Crippen MR) is 123 cm³/mol. The molecule has 35 heavy (non-hydrogen) atoms. The highest BCUT2D eigenvalue weighted by Gasteiger charge is 2.49. The topological polar surface area (TPSA) is 116 Å². The Morgan fingerprint density at radius 2 is 2.03 bits per heavy atom. The smallest absolute Gasteiger partial charge is 0.315 e. The molecule has 0 bridgehead atoms. The average molecular weight is 472 g/mol. The van der Waals surface area contributed by atoms with Crippen LogP contribution in [0.1, 0.15) is 34.9 Å². The number of nitrogens with one attached hydrogen (secondary N) is 1. The molecule has 5 aromatic rings. The number of hydrogen-bond acceptors (Lipinski definition) is 7. The van der Waals surface area contributed by atoms with Crippen LogP contribution in [0.4, 0.5) is 4.39 Å². The molecule has 0 spiro atoms. The largest absolute Gasteiger partial charge is 0.344 e. The third-order valence-corrected chi connectivity index (χ3v) is 6.26. The number of carbonyl (C=O) groups excluding carboxylic acids is 1. The van der Waals surface area contributed by atoms with Gasteiger partial charge in [-0.2, -0.15) is 10.1 Å². The summed E-state index contributed by atoms with van der Waals surface area (Å²) in [5.74, 6) is 0.361. The van der Waals surface area contributed by atoms with Gasteiger partial charge in [-0.15, -0.1) is 0 Å². The number of aryl methyl sites for hydroxylation is 1. The van der Waals surface area contributed by atoms with Gasteiger partial charge in [-0.3, -0.25) is 13.9 Å². The van der Waals surface area contributed by atoms with Gasteiger partial charge in [0.1, 0.15) is 18.1 Å². The molecule has 1 aliphatic rings.